The predicted molar refractivity (Wildman–Crippen MR) is 146 cm³/mol. The van der Waals surface area contributed by atoms with E-state index in [1.165, 1.54) is 12.1 Å². The maximum Gasteiger partial charge on any atom is 0.322 e. The first kappa shape index (κ1) is 26.0. The minimum Gasteiger partial charge on any atom is -0.460 e. The molecule has 8 heteroatoms. The lowest BCUT2D eigenvalue weighted by molar-refractivity contribution is -0.155. The van der Waals surface area contributed by atoms with Gasteiger partial charge < -0.3 is 14.0 Å². The van der Waals surface area contributed by atoms with Crippen LogP contribution in [0.25, 0.3) is 11.0 Å². The van der Waals surface area contributed by atoms with Crippen molar-refractivity contribution in [1.29, 1.82) is 0 Å². The number of halogens is 1. The van der Waals surface area contributed by atoms with Crippen molar-refractivity contribution in [3.05, 3.63) is 114 Å². The van der Waals surface area contributed by atoms with Crippen molar-refractivity contribution >= 4 is 17.0 Å². The minimum atomic E-state index is -0.624. The number of nitrogens with zero attached hydrogens (tertiary/aromatic N) is 4. The molecule has 3 aromatic carbocycles. The molecule has 2 heterocycles. The average Bonchev–Trinajstić information content (AvgIpc) is 3.31. The average molecular weight is 525 g/mol. The first-order chi connectivity index (χ1) is 18.7. The van der Waals surface area contributed by atoms with Gasteiger partial charge in [0.2, 0.25) is 0 Å². The van der Waals surface area contributed by atoms with Crippen molar-refractivity contribution in [2.75, 3.05) is 0 Å². The molecular weight excluding hydrogens is 495 g/mol. The summed E-state index contributed by atoms with van der Waals surface area (Å²) in [5.74, 6) is -0.611. The van der Waals surface area contributed by atoms with Gasteiger partial charge in [-0.15, -0.1) is 0 Å². The quantitative estimate of drug-likeness (QED) is 0.211. The number of fused-ring (bicyclic) bond motifs is 1. The molecule has 0 aliphatic rings. The van der Waals surface area contributed by atoms with Crippen LogP contribution >= 0.6 is 0 Å². The van der Waals surface area contributed by atoms with E-state index in [4.69, 9.17) is 9.47 Å². The molecule has 1 unspecified atom stereocenters. The van der Waals surface area contributed by atoms with Gasteiger partial charge in [0.1, 0.15) is 17.2 Å². The number of benzene rings is 3. The minimum absolute atomic E-state index is 0.0387. The Morgan fingerprint density at radius 2 is 1.69 bits per heavy atom. The molecule has 0 N–H and O–H groups in total. The Bertz CT molecular complexity index is 1570. The normalized spacial score (nSPS) is 12.3. The highest BCUT2D eigenvalue weighted by molar-refractivity contribution is 5.75. The molecule has 7 nitrogen and oxygen atoms in total. The Balaban J connectivity index is 1.33. The van der Waals surface area contributed by atoms with E-state index >= 15 is 0 Å². The maximum atomic E-state index is 13.6. The smallest absolute Gasteiger partial charge is 0.322 e. The molecule has 0 aliphatic heterocycles. The van der Waals surface area contributed by atoms with E-state index in [9.17, 15) is 9.18 Å². The van der Waals surface area contributed by atoms with E-state index in [-0.39, 0.29) is 24.2 Å². The fraction of sp³-hybridized carbons (Fsp3) is 0.226. The third-order valence-corrected chi connectivity index (χ3v) is 6.09. The van der Waals surface area contributed by atoms with Gasteiger partial charge >= 0.3 is 12.0 Å². The van der Waals surface area contributed by atoms with E-state index < -0.39 is 11.5 Å². The summed E-state index contributed by atoms with van der Waals surface area (Å²) in [4.78, 5) is 26.0. The molecule has 0 aliphatic carbocycles. The molecule has 5 rings (SSSR count). The summed E-state index contributed by atoms with van der Waals surface area (Å²) in [5.41, 5.74) is 3.81. The monoisotopic (exact) mass is 524 g/mol. The molecule has 1 atom stereocenters. The van der Waals surface area contributed by atoms with Crippen molar-refractivity contribution in [3.63, 3.8) is 0 Å². The van der Waals surface area contributed by atoms with Gasteiger partial charge in [-0.2, -0.15) is 4.98 Å². The van der Waals surface area contributed by atoms with E-state index in [0.717, 1.165) is 22.2 Å². The first-order valence-electron chi connectivity index (χ1n) is 12.7. The second-order valence-electron chi connectivity index (χ2n) is 10.3. The number of rotatable bonds is 8. The van der Waals surface area contributed by atoms with Gasteiger partial charge in [-0.25, -0.2) is 14.4 Å². The van der Waals surface area contributed by atoms with Crippen LogP contribution in [0.3, 0.4) is 0 Å². The Labute approximate surface area is 226 Å². The van der Waals surface area contributed by atoms with Crippen molar-refractivity contribution < 1.29 is 18.7 Å². The van der Waals surface area contributed by atoms with Crippen LogP contribution in [0.1, 0.15) is 49.9 Å². The number of carbonyl (C=O) groups excluding carboxylic acids is 1. The molecule has 0 amide bonds. The Hall–Kier alpha value is -4.59. The summed E-state index contributed by atoms with van der Waals surface area (Å²) in [6.07, 6.45) is 3.46. The van der Waals surface area contributed by atoms with Crippen LogP contribution in [0.2, 0.25) is 0 Å². The summed E-state index contributed by atoms with van der Waals surface area (Å²) >= 11 is 0. The number of esters is 1. The standard InChI is InChI=1S/C31H29FN4O3/c1-31(2,3)39-29(37)18-25(22-10-12-23(32)13-11-22)26-16-17-33-30(35-26)38-24-14-8-21(9-15-24)19-36-20-34-27-6-4-5-7-28(27)36/h4-17,20,25H,18-19H2,1-3H3. The van der Waals surface area contributed by atoms with E-state index in [2.05, 4.69) is 19.5 Å². The molecule has 39 heavy (non-hydrogen) atoms. The second kappa shape index (κ2) is 11.0. The predicted octanol–water partition coefficient (Wildman–Crippen LogP) is 6.67. The van der Waals surface area contributed by atoms with Crippen molar-refractivity contribution in [3.8, 4) is 11.8 Å². The van der Waals surface area contributed by atoms with Gasteiger partial charge in [-0.1, -0.05) is 36.4 Å². The third kappa shape index (κ3) is 6.65. The molecule has 0 spiro atoms. The summed E-state index contributed by atoms with van der Waals surface area (Å²) < 4.78 is 27.2. The number of imidazole rings is 1. The lowest BCUT2D eigenvalue weighted by Gasteiger charge is -2.22. The zero-order valence-corrected chi connectivity index (χ0v) is 22.0. The van der Waals surface area contributed by atoms with Gasteiger partial charge in [0, 0.05) is 18.7 Å². The van der Waals surface area contributed by atoms with Crippen LogP contribution in [0, 0.1) is 5.82 Å². The van der Waals surface area contributed by atoms with E-state index in [1.807, 2.05) is 75.6 Å². The molecule has 5 aromatic rings. The fourth-order valence-corrected chi connectivity index (χ4v) is 4.34. The van der Waals surface area contributed by atoms with E-state index in [0.29, 0.717) is 18.0 Å². The highest BCUT2D eigenvalue weighted by atomic mass is 19.1. The fourth-order valence-electron chi connectivity index (χ4n) is 4.34. The SMILES string of the molecule is CC(C)(C)OC(=O)CC(c1ccc(F)cc1)c1ccnc(Oc2ccc(Cn3cnc4ccccc43)cc2)n1. The topological polar surface area (TPSA) is 79.1 Å². The van der Waals surface area contributed by atoms with E-state index in [1.54, 1.807) is 24.4 Å². The molecule has 0 saturated heterocycles. The lowest BCUT2D eigenvalue weighted by Crippen LogP contribution is -2.25. The molecule has 0 radical (unpaired) electrons. The number of para-hydroxylation sites is 2. The molecule has 0 fully saturated rings. The number of aromatic nitrogens is 4. The zero-order chi connectivity index (χ0) is 27.4. The molecule has 198 valence electrons. The van der Waals surface area contributed by atoms with Gasteiger partial charge in [-0.05, 0) is 74.4 Å². The third-order valence-electron chi connectivity index (χ3n) is 6.09. The molecular formula is C31H29FN4O3. The largest absolute Gasteiger partial charge is 0.460 e. The number of carbonyl (C=O) groups is 1. The highest BCUT2D eigenvalue weighted by Gasteiger charge is 2.24. The summed E-state index contributed by atoms with van der Waals surface area (Å²) in [6, 6.07) is 23.6. The maximum absolute atomic E-state index is 13.6. The summed E-state index contributed by atoms with van der Waals surface area (Å²) in [6.45, 7) is 6.13. The Kier molecular flexibility index (Phi) is 7.36. The highest BCUT2D eigenvalue weighted by Crippen LogP contribution is 2.30. The second-order valence-corrected chi connectivity index (χ2v) is 10.3. The molecule has 2 aromatic heterocycles. The molecule has 0 saturated carbocycles. The number of hydrogen-bond donors (Lipinski definition) is 0. The zero-order valence-electron chi connectivity index (χ0n) is 22.0. The van der Waals surface area contributed by atoms with Crippen molar-refractivity contribution in [1.82, 2.24) is 19.5 Å². The van der Waals surface area contributed by atoms with Crippen molar-refractivity contribution in [2.45, 2.75) is 45.3 Å². The first-order valence-corrected chi connectivity index (χ1v) is 12.7. The Morgan fingerprint density at radius 1 is 0.949 bits per heavy atom. The van der Waals surface area contributed by atoms with Gasteiger partial charge in [0.15, 0.2) is 0 Å². The van der Waals surface area contributed by atoms with Crippen LogP contribution < -0.4 is 4.74 Å². The summed E-state index contributed by atoms with van der Waals surface area (Å²) in [7, 11) is 0. The molecule has 0 bridgehead atoms. The van der Waals surface area contributed by atoms with Crippen LogP contribution in [0.5, 0.6) is 11.8 Å². The lowest BCUT2D eigenvalue weighted by atomic mass is 9.92. The van der Waals surface area contributed by atoms with Gasteiger partial charge in [-0.3, -0.25) is 4.79 Å². The number of hydrogen-bond acceptors (Lipinski definition) is 6. The number of ether oxygens (including phenoxy) is 2. The van der Waals surface area contributed by atoms with Crippen LogP contribution in [-0.4, -0.2) is 31.1 Å². The Morgan fingerprint density at radius 3 is 2.44 bits per heavy atom. The van der Waals surface area contributed by atoms with Crippen LogP contribution in [0.4, 0.5) is 4.39 Å². The van der Waals surface area contributed by atoms with Crippen molar-refractivity contribution in [2.24, 2.45) is 0 Å². The summed E-state index contributed by atoms with van der Waals surface area (Å²) in [5, 5.41) is 0. The van der Waals surface area contributed by atoms with Gasteiger partial charge in [0.05, 0.1) is 29.5 Å². The van der Waals surface area contributed by atoms with Crippen LogP contribution in [-0.2, 0) is 16.1 Å². The van der Waals surface area contributed by atoms with Crippen LogP contribution in [0.15, 0.2) is 91.4 Å². The van der Waals surface area contributed by atoms with Gasteiger partial charge in [0.25, 0.3) is 0 Å².